The third-order valence-electron chi connectivity index (χ3n) is 3.42. The SMILES string of the molecule is CC.C[N-]/C(=N/OC)c1cccc(C)c1CO/N=C/c1cccc(C)n1.[K+]. The molecule has 6 nitrogen and oxygen atoms in total. The number of rotatable bonds is 6. The summed E-state index contributed by atoms with van der Waals surface area (Å²) in [5.74, 6) is 0.518. The second-order valence-electron chi connectivity index (χ2n) is 5.13. The van der Waals surface area contributed by atoms with Gasteiger partial charge in [0, 0.05) is 11.3 Å². The largest absolute Gasteiger partial charge is 1.00 e. The van der Waals surface area contributed by atoms with Gasteiger partial charge in [-0.15, -0.1) is 0 Å². The molecule has 2 aromatic rings. The molecule has 1 aromatic carbocycles. The van der Waals surface area contributed by atoms with Gasteiger partial charge in [0.05, 0.1) is 19.0 Å². The van der Waals surface area contributed by atoms with E-state index in [1.165, 1.54) is 7.11 Å². The van der Waals surface area contributed by atoms with Crippen molar-refractivity contribution in [3.05, 3.63) is 69.8 Å². The first-order valence-electron chi connectivity index (χ1n) is 8.54. The summed E-state index contributed by atoms with van der Waals surface area (Å²) >= 11 is 0. The van der Waals surface area contributed by atoms with Gasteiger partial charge in [0.15, 0.2) is 0 Å². The molecule has 0 aliphatic rings. The van der Waals surface area contributed by atoms with Gasteiger partial charge >= 0.3 is 51.4 Å². The Morgan fingerprint density at radius 2 is 1.85 bits per heavy atom. The summed E-state index contributed by atoms with van der Waals surface area (Å²) in [6.07, 6.45) is 1.60. The molecule has 2 rings (SSSR count). The molecule has 0 aliphatic heterocycles. The zero-order chi connectivity index (χ0) is 19.4. The number of benzene rings is 1. The van der Waals surface area contributed by atoms with Crippen molar-refractivity contribution in [3.63, 3.8) is 0 Å². The van der Waals surface area contributed by atoms with Crippen LogP contribution in [0.5, 0.6) is 0 Å². The van der Waals surface area contributed by atoms with Gasteiger partial charge in [0.1, 0.15) is 6.61 Å². The summed E-state index contributed by atoms with van der Waals surface area (Å²) in [5, 5.41) is 12.1. The van der Waals surface area contributed by atoms with Gasteiger partial charge in [0.2, 0.25) is 0 Å². The second kappa shape index (κ2) is 14.8. The summed E-state index contributed by atoms with van der Waals surface area (Å²) in [5.41, 5.74) is 4.59. The van der Waals surface area contributed by atoms with Crippen molar-refractivity contribution in [3.8, 4) is 0 Å². The van der Waals surface area contributed by atoms with Gasteiger partial charge in [-0.2, -0.15) is 0 Å². The minimum absolute atomic E-state index is 0. The first-order valence-corrected chi connectivity index (χ1v) is 8.54. The third kappa shape index (κ3) is 8.53. The standard InChI is InChI=1S/C18H21N4O2.C2H6.K/c1-13-7-5-10-16(18(19-3)22-23-4)17(13)12-24-20-11-15-9-6-8-14(2)21-15;1-2;/h5-11H,12H2,1-4H3;1-2H3;/q-1;;+1/b20-11+;;. The van der Waals surface area contributed by atoms with E-state index >= 15 is 0 Å². The van der Waals surface area contributed by atoms with E-state index in [2.05, 4.69) is 20.6 Å². The van der Waals surface area contributed by atoms with Crippen LogP contribution in [0.15, 0.2) is 46.7 Å². The monoisotopic (exact) mass is 394 g/mol. The topological polar surface area (TPSA) is 70.2 Å². The van der Waals surface area contributed by atoms with Crippen molar-refractivity contribution in [1.82, 2.24) is 4.98 Å². The molecule has 0 radical (unpaired) electrons. The predicted molar refractivity (Wildman–Crippen MR) is 107 cm³/mol. The molecule has 0 saturated carbocycles. The van der Waals surface area contributed by atoms with E-state index < -0.39 is 0 Å². The van der Waals surface area contributed by atoms with Gasteiger partial charge < -0.3 is 15.0 Å². The average Bonchev–Trinajstić information content (AvgIpc) is 2.66. The van der Waals surface area contributed by atoms with Crippen LogP contribution in [0.2, 0.25) is 0 Å². The number of hydrogen-bond donors (Lipinski definition) is 0. The molecule has 0 fully saturated rings. The Kier molecular flexibility index (Phi) is 14.1. The van der Waals surface area contributed by atoms with E-state index in [9.17, 15) is 0 Å². The summed E-state index contributed by atoms with van der Waals surface area (Å²) in [4.78, 5) is 14.6. The Labute approximate surface area is 204 Å². The van der Waals surface area contributed by atoms with Crippen molar-refractivity contribution in [2.75, 3.05) is 14.2 Å². The van der Waals surface area contributed by atoms with Gasteiger partial charge in [-0.3, -0.25) is 10.1 Å². The molecule has 140 valence electrons. The van der Waals surface area contributed by atoms with Gasteiger partial charge in [-0.05, 0) is 42.9 Å². The summed E-state index contributed by atoms with van der Waals surface area (Å²) in [7, 11) is 3.17. The van der Waals surface area contributed by atoms with Crippen molar-refractivity contribution in [2.24, 2.45) is 10.3 Å². The molecule has 1 aromatic heterocycles. The second-order valence-corrected chi connectivity index (χ2v) is 5.13. The number of nitrogens with zero attached hydrogens (tertiary/aromatic N) is 4. The minimum atomic E-state index is 0. The molecule has 0 bridgehead atoms. The molecule has 1 heterocycles. The summed E-state index contributed by atoms with van der Waals surface area (Å²) in [6.45, 7) is 8.25. The number of aryl methyl sites for hydroxylation is 2. The number of amidine groups is 1. The van der Waals surface area contributed by atoms with Crippen molar-refractivity contribution in [1.29, 1.82) is 0 Å². The average molecular weight is 395 g/mol. The Morgan fingerprint density at radius 1 is 1.15 bits per heavy atom. The third-order valence-corrected chi connectivity index (χ3v) is 3.42. The minimum Gasteiger partial charge on any atom is -0.497 e. The molecule has 7 heteroatoms. The van der Waals surface area contributed by atoms with Crippen LogP contribution in [0.3, 0.4) is 0 Å². The van der Waals surface area contributed by atoms with Crippen LogP contribution in [-0.4, -0.2) is 31.2 Å². The Morgan fingerprint density at radius 3 is 2.48 bits per heavy atom. The van der Waals surface area contributed by atoms with E-state index in [0.717, 1.165) is 28.1 Å². The fraction of sp³-hybridized carbons (Fsp3) is 0.350. The molecule has 0 unspecified atom stereocenters. The van der Waals surface area contributed by atoms with Crippen LogP contribution in [-0.2, 0) is 16.3 Å². The molecule has 0 aliphatic carbocycles. The zero-order valence-electron chi connectivity index (χ0n) is 17.4. The number of hydrogen-bond acceptors (Lipinski definition) is 5. The van der Waals surface area contributed by atoms with Crippen LogP contribution >= 0.6 is 0 Å². The molecule has 0 saturated heterocycles. The fourth-order valence-electron chi connectivity index (χ4n) is 2.23. The van der Waals surface area contributed by atoms with E-state index in [4.69, 9.17) is 9.68 Å². The Hall–Kier alpha value is -1.25. The summed E-state index contributed by atoms with van der Waals surface area (Å²) in [6, 6.07) is 11.6. The summed E-state index contributed by atoms with van der Waals surface area (Å²) < 4.78 is 0. The number of aromatic nitrogens is 1. The number of oxime groups is 2. The molecular formula is C20H27KN4O2. The first kappa shape index (κ1) is 25.7. The quantitative estimate of drug-likeness (QED) is 0.323. The van der Waals surface area contributed by atoms with E-state index in [1.54, 1.807) is 13.3 Å². The van der Waals surface area contributed by atoms with Crippen LogP contribution < -0.4 is 51.4 Å². The maximum atomic E-state index is 5.45. The molecular weight excluding hydrogens is 367 g/mol. The molecule has 27 heavy (non-hydrogen) atoms. The van der Waals surface area contributed by atoms with Crippen LogP contribution in [0.4, 0.5) is 0 Å². The number of pyridine rings is 1. The molecule has 0 spiro atoms. The Balaban J connectivity index is 0.00000218. The van der Waals surface area contributed by atoms with E-state index in [1.807, 2.05) is 64.1 Å². The normalized spacial score (nSPS) is 10.5. The Bertz CT molecular complexity index is 749. The van der Waals surface area contributed by atoms with Crippen molar-refractivity contribution >= 4 is 12.1 Å². The molecule has 0 N–H and O–H groups in total. The predicted octanol–water partition coefficient (Wildman–Crippen LogP) is 1.59. The van der Waals surface area contributed by atoms with Crippen LogP contribution in [0.25, 0.3) is 5.32 Å². The van der Waals surface area contributed by atoms with E-state index in [-0.39, 0.29) is 51.4 Å². The van der Waals surface area contributed by atoms with Crippen LogP contribution in [0, 0.1) is 13.8 Å². The van der Waals surface area contributed by atoms with Gasteiger partial charge in [0.25, 0.3) is 0 Å². The first-order chi connectivity index (χ1) is 12.7. The smallest absolute Gasteiger partial charge is 0.497 e. The maximum absolute atomic E-state index is 5.45. The van der Waals surface area contributed by atoms with E-state index in [0.29, 0.717) is 12.4 Å². The molecule has 0 amide bonds. The van der Waals surface area contributed by atoms with Crippen molar-refractivity contribution < 1.29 is 61.1 Å². The van der Waals surface area contributed by atoms with Crippen LogP contribution in [0.1, 0.15) is 41.9 Å². The van der Waals surface area contributed by atoms with Crippen molar-refractivity contribution in [2.45, 2.75) is 34.3 Å². The van der Waals surface area contributed by atoms with Gasteiger partial charge in [-0.25, -0.2) is 0 Å². The van der Waals surface area contributed by atoms with Gasteiger partial charge in [-0.1, -0.05) is 50.3 Å². The fourth-order valence-corrected chi connectivity index (χ4v) is 2.23. The maximum Gasteiger partial charge on any atom is 1.00 e. The zero-order valence-corrected chi connectivity index (χ0v) is 20.5. The molecule has 0 atom stereocenters.